The Morgan fingerprint density at radius 1 is 1.36 bits per heavy atom. The van der Waals surface area contributed by atoms with Gasteiger partial charge in [-0.05, 0) is 37.7 Å². The predicted molar refractivity (Wildman–Crippen MR) is 82.4 cm³/mol. The van der Waals surface area contributed by atoms with Gasteiger partial charge in [0.1, 0.15) is 5.52 Å². The number of nitrogens with zero attached hydrogens (tertiary/aromatic N) is 3. The van der Waals surface area contributed by atoms with Crippen LogP contribution in [0.5, 0.6) is 0 Å². The summed E-state index contributed by atoms with van der Waals surface area (Å²) in [6.07, 6.45) is 7.54. The fraction of sp³-hybridized carbons (Fsp3) is 0.562. The number of aromatic amines is 1. The van der Waals surface area contributed by atoms with Crippen molar-refractivity contribution in [1.82, 2.24) is 19.4 Å². The van der Waals surface area contributed by atoms with Gasteiger partial charge in [-0.25, -0.2) is 4.98 Å². The molecular formula is C16H20N4O2. The van der Waals surface area contributed by atoms with Gasteiger partial charge in [-0.2, -0.15) is 0 Å². The van der Waals surface area contributed by atoms with Crippen molar-refractivity contribution in [2.45, 2.75) is 32.2 Å². The Kier molecular flexibility index (Phi) is 3.24. The minimum atomic E-state index is -0.0272. The number of amides is 1. The molecule has 1 atom stereocenters. The van der Waals surface area contributed by atoms with E-state index in [0.29, 0.717) is 29.4 Å². The van der Waals surface area contributed by atoms with Crippen molar-refractivity contribution in [2.24, 2.45) is 11.8 Å². The molecule has 0 radical (unpaired) electrons. The summed E-state index contributed by atoms with van der Waals surface area (Å²) in [6.45, 7) is 2.27. The summed E-state index contributed by atoms with van der Waals surface area (Å²) in [5.74, 6) is 0.928. The number of hydrogen-bond acceptors (Lipinski definition) is 3. The van der Waals surface area contributed by atoms with Crippen molar-refractivity contribution in [1.29, 1.82) is 0 Å². The molecule has 2 aliphatic rings. The third-order valence-corrected chi connectivity index (χ3v) is 4.75. The van der Waals surface area contributed by atoms with Crippen molar-refractivity contribution >= 4 is 16.9 Å². The molecule has 2 aromatic rings. The summed E-state index contributed by atoms with van der Waals surface area (Å²) in [5, 5.41) is 0. The molecule has 0 aromatic carbocycles. The molecule has 1 unspecified atom stereocenters. The number of hydrogen-bond donors (Lipinski definition) is 1. The third kappa shape index (κ3) is 2.42. The Hall–Kier alpha value is -2.11. The molecule has 0 spiro atoms. The highest BCUT2D eigenvalue weighted by molar-refractivity contribution is 5.81. The van der Waals surface area contributed by atoms with Gasteiger partial charge < -0.3 is 9.88 Å². The van der Waals surface area contributed by atoms with E-state index in [2.05, 4.69) is 9.97 Å². The Bertz CT molecular complexity index is 759. The highest BCUT2D eigenvalue weighted by Gasteiger charge is 2.35. The van der Waals surface area contributed by atoms with E-state index in [-0.39, 0.29) is 11.5 Å². The number of H-pyrrole nitrogens is 1. The topological polar surface area (TPSA) is 71.0 Å². The number of piperidine rings is 1. The van der Waals surface area contributed by atoms with E-state index in [4.69, 9.17) is 0 Å². The van der Waals surface area contributed by atoms with Gasteiger partial charge in [-0.1, -0.05) is 0 Å². The largest absolute Gasteiger partial charge is 0.355 e. The summed E-state index contributed by atoms with van der Waals surface area (Å²) >= 11 is 0. The first-order valence-electron chi connectivity index (χ1n) is 8.03. The van der Waals surface area contributed by atoms with Gasteiger partial charge in [0.2, 0.25) is 5.91 Å². The number of rotatable bonds is 3. The number of aromatic nitrogens is 3. The lowest BCUT2D eigenvalue weighted by Gasteiger charge is -2.33. The Morgan fingerprint density at radius 2 is 2.23 bits per heavy atom. The summed E-state index contributed by atoms with van der Waals surface area (Å²) in [6, 6.07) is 1.80. The quantitative estimate of drug-likeness (QED) is 0.930. The van der Waals surface area contributed by atoms with E-state index >= 15 is 0 Å². The van der Waals surface area contributed by atoms with Crippen LogP contribution in [0.4, 0.5) is 0 Å². The zero-order valence-electron chi connectivity index (χ0n) is 12.5. The van der Waals surface area contributed by atoms with Crippen molar-refractivity contribution in [3.63, 3.8) is 0 Å². The molecule has 2 aromatic heterocycles. The molecule has 0 bridgehead atoms. The van der Waals surface area contributed by atoms with Gasteiger partial charge in [-0.15, -0.1) is 0 Å². The highest BCUT2D eigenvalue weighted by atomic mass is 16.2. The highest BCUT2D eigenvalue weighted by Crippen LogP contribution is 2.32. The Balaban J connectivity index is 1.50. The van der Waals surface area contributed by atoms with Crippen LogP contribution in [0.2, 0.25) is 0 Å². The van der Waals surface area contributed by atoms with E-state index in [1.54, 1.807) is 23.2 Å². The molecular weight excluding hydrogens is 280 g/mol. The Labute approximate surface area is 128 Å². The molecule has 4 rings (SSSR count). The average molecular weight is 300 g/mol. The lowest BCUT2D eigenvalue weighted by Crippen LogP contribution is -2.42. The van der Waals surface area contributed by atoms with Crippen LogP contribution >= 0.6 is 0 Å². The standard InChI is InChI=1S/C16H20N4O2/c21-15(12-3-4-12)19-7-1-2-11(8-19)9-20-10-18-13-5-6-17-14(13)16(20)22/h5-6,10-12,17H,1-4,7-9H2. The molecule has 22 heavy (non-hydrogen) atoms. The van der Waals surface area contributed by atoms with Crippen LogP contribution < -0.4 is 5.56 Å². The molecule has 1 amide bonds. The molecule has 1 aliphatic heterocycles. The number of carbonyl (C=O) groups excluding carboxylic acids is 1. The SMILES string of the molecule is O=C(C1CC1)N1CCCC(Cn2cnc3cc[nH]c3c2=O)C1. The van der Waals surface area contributed by atoms with Gasteiger partial charge in [0.25, 0.3) is 5.56 Å². The second kappa shape index (κ2) is 5.26. The summed E-state index contributed by atoms with van der Waals surface area (Å²) in [4.78, 5) is 33.9. The smallest absolute Gasteiger partial charge is 0.277 e. The zero-order valence-corrected chi connectivity index (χ0v) is 12.5. The van der Waals surface area contributed by atoms with Crippen LogP contribution in [0.15, 0.2) is 23.4 Å². The minimum Gasteiger partial charge on any atom is -0.355 e. The lowest BCUT2D eigenvalue weighted by molar-refractivity contribution is -0.134. The minimum absolute atomic E-state index is 0.0272. The number of carbonyl (C=O) groups is 1. The monoisotopic (exact) mass is 300 g/mol. The summed E-state index contributed by atoms with van der Waals surface area (Å²) in [7, 11) is 0. The van der Waals surface area contributed by atoms with E-state index in [9.17, 15) is 9.59 Å². The van der Waals surface area contributed by atoms with Crippen molar-refractivity contribution in [3.8, 4) is 0 Å². The lowest BCUT2D eigenvalue weighted by atomic mass is 9.97. The van der Waals surface area contributed by atoms with Gasteiger partial charge in [0.15, 0.2) is 0 Å². The first kappa shape index (κ1) is 13.5. The number of fused-ring (bicyclic) bond motifs is 1. The Morgan fingerprint density at radius 3 is 3.05 bits per heavy atom. The molecule has 1 saturated carbocycles. The van der Waals surface area contributed by atoms with Gasteiger partial charge in [0.05, 0.1) is 11.8 Å². The van der Waals surface area contributed by atoms with Crippen LogP contribution in [0.1, 0.15) is 25.7 Å². The second-order valence-corrected chi connectivity index (χ2v) is 6.51. The summed E-state index contributed by atoms with van der Waals surface area (Å²) < 4.78 is 1.68. The maximum atomic E-state index is 12.4. The van der Waals surface area contributed by atoms with E-state index in [0.717, 1.165) is 38.8 Å². The second-order valence-electron chi connectivity index (χ2n) is 6.51. The first-order valence-corrected chi connectivity index (χ1v) is 8.03. The average Bonchev–Trinajstić information content (AvgIpc) is 3.27. The zero-order chi connectivity index (χ0) is 15.1. The van der Waals surface area contributed by atoms with Crippen LogP contribution in [-0.4, -0.2) is 38.4 Å². The van der Waals surface area contributed by atoms with Gasteiger partial charge >= 0.3 is 0 Å². The molecule has 116 valence electrons. The predicted octanol–water partition coefficient (Wildman–Crippen LogP) is 1.37. The van der Waals surface area contributed by atoms with Crippen molar-refractivity contribution < 1.29 is 4.79 Å². The van der Waals surface area contributed by atoms with E-state index < -0.39 is 0 Å². The molecule has 1 N–H and O–H groups in total. The van der Waals surface area contributed by atoms with Crippen LogP contribution in [-0.2, 0) is 11.3 Å². The maximum absolute atomic E-state index is 12.4. The third-order valence-electron chi connectivity index (χ3n) is 4.75. The van der Waals surface area contributed by atoms with Crippen molar-refractivity contribution in [2.75, 3.05) is 13.1 Å². The number of nitrogens with one attached hydrogen (secondary N) is 1. The van der Waals surface area contributed by atoms with Crippen LogP contribution in [0.3, 0.4) is 0 Å². The van der Waals surface area contributed by atoms with E-state index in [1.807, 2.05) is 4.90 Å². The summed E-state index contributed by atoms with van der Waals surface area (Å²) in [5.41, 5.74) is 1.24. The fourth-order valence-electron chi connectivity index (χ4n) is 3.38. The molecule has 6 heteroatoms. The first-order chi connectivity index (χ1) is 10.7. The molecule has 1 saturated heterocycles. The molecule has 6 nitrogen and oxygen atoms in total. The fourth-order valence-corrected chi connectivity index (χ4v) is 3.38. The number of likely N-dealkylation sites (tertiary alicyclic amines) is 1. The maximum Gasteiger partial charge on any atom is 0.277 e. The molecule has 2 fully saturated rings. The normalized spacial score (nSPS) is 22.2. The van der Waals surface area contributed by atoms with Crippen LogP contribution in [0, 0.1) is 11.8 Å². The molecule has 1 aliphatic carbocycles. The van der Waals surface area contributed by atoms with Crippen LogP contribution in [0.25, 0.3) is 11.0 Å². The van der Waals surface area contributed by atoms with Gasteiger partial charge in [-0.3, -0.25) is 14.2 Å². The van der Waals surface area contributed by atoms with E-state index in [1.165, 1.54) is 0 Å². The molecule has 3 heterocycles. The van der Waals surface area contributed by atoms with Gasteiger partial charge in [0, 0.05) is 31.7 Å². The van der Waals surface area contributed by atoms with Crippen molar-refractivity contribution in [3.05, 3.63) is 28.9 Å².